The van der Waals surface area contributed by atoms with Crippen LogP contribution in [0.2, 0.25) is 0 Å². The summed E-state index contributed by atoms with van der Waals surface area (Å²) in [6.45, 7) is 1.45. The quantitative estimate of drug-likeness (QED) is 0.588. The number of nitrogens with one attached hydrogen (secondary N) is 1. The number of hydrogen-bond donors (Lipinski definition) is 1. The molecule has 7 heteroatoms. The molecule has 1 saturated carbocycles. The first-order valence-electron chi connectivity index (χ1n) is 9.22. The Labute approximate surface area is 166 Å². The maximum absolute atomic E-state index is 12.9. The summed E-state index contributed by atoms with van der Waals surface area (Å²) in [6, 6.07) is 7.58. The maximum atomic E-state index is 12.9. The topological polar surface area (TPSA) is 74.3 Å². The van der Waals surface area contributed by atoms with E-state index in [-0.39, 0.29) is 5.91 Å². The molecule has 0 bridgehead atoms. The molecule has 0 radical (unpaired) electrons. The molecule has 4 rings (SSSR count). The molecule has 1 unspecified atom stereocenters. The monoisotopic (exact) mass is 402 g/mol. The number of hydrogen-bond acceptors (Lipinski definition) is 5. The fourth-order valence-electron chi connectivity index (χ4n) is 3.11. The first-order valence-corrected chi connectivity index (χ1v) is 11.3. The lowest BCUT2D eigenvalue weighted by Gasteiger charge is -2.20. The second-order valence-electron chi connectivity index (χ2n) is 6.84. The predicted molar refractivity (Wildman–Crippen MR) is 108 cm³/mol. The Morgan fingerprint density at radius 3 is 2.59 bits per heavy atom. The highest BCUT2D eigenvalue weighted by Crippen LogP contribution is 2.34. The molecule has 1 aromatic heterocycles. The molecule has 2 aliphatic rings. The number of carbonyl (C=O) groups excluding carboxylic acids is 1. The van der Waals surface area contributed by atoms with Crippen LogP contribution in [0.1, 0.15) is 31.2 Å². The SMILES string of the molecule is O=C(Nc1nccs1)/C(=C/C1CCOCC1)c1ccc([S+]([O-])C2CC2)cc1. The van der Waals surface area contributed by atoms with Crippen LogP contribution >= 0.6 is 11.3 Å². The smallest absolute Gasteiger partial charge is 0.257 e. The largest absolute Gasteiger partial charge is 0.611 e. The van der Waals surface area contributed by atoms with Crippen molar-refractivity contribution in [3.63, 3.8) is 0 Å². The zero-order chi connectivity index (χ0) is 18.6. The van der Waals surface area contributed by atoms with Crippen molar-refractivity contribution in [2.24, 2.45) is 5.92 Å². The Morgan fingerprint density at radius 1 is 1.22 bits per heavy atom. The van der Waals surface area contributed by atoms with Crippen LogP contribution in [-0.4, -0.2) is 33.9 Å². The maximum Gasteiger partial charge on any atom is 0.257 e. The van der Waals surface area contributed by atoms with Crippen LogP contribution < -0.4 is 5.32 Å². The van der Waals surface area contributed by atoms with Crippen molar-refractivity contribution in [3.05, 3.63) is 47.5 Å². The normalized spacial score (nSPS) is 19.7. The number of anilines is 1. The molecule has 5 nitrogen and oxygen atoms in total. The lowest BCUT2D eigenvalue weighted by Crippen LogP contribution is -2.18. The molecule has 2 heterocycles. The van der Waals surface area contributed by atoms with E-state index in [1.807, 2.05) is 29.6 Å². The van der Waals surface area contributed by atoms with Gasteiger partial charge in [0.1, 0.15) is 5.25 Å². The second-order valence-corrected chi connectivity index (χ2v) is 9.47. The molecule has 1 aromatic carbocycles. The molecular formula is C20H22N2O3S2. The fourth-order valence-corrected chi connectivity index (χ4v) is 4.99. The first kappa shape index (κ1) is 18.7. The van der Waals surface area contributed by atoms with Crippen molar-refractivity contribution < 1.29 is 14.1 Å². The van der Waals surface area contributed by atoms with Crippen LogP contribution in [0.5, 0.6) is 0 Å². The molecule has 142 valence electrons. The number of benzene rings is 1. The van der Waals surface area contributed by atoms with Crippen LogP contribution in [-0.2, 0) is 20.7 Å². The van der Waals surface area contributed by atoms with E-state index in [1.54, 1.807) is 6.20 Å². The molecule has 27 heavy (non-hydrogen) atoms. The van der Waals surface area contributed by atoms with Crippen molar-refractivity contribution in [1.29, 1.82) is 0 Å². The van der Waals surface area contributed by atoms with Crippen LogP contribution in [0.4, 0.5) is 5.13 Å². The predicted octanol–water partition coefficient (Wildman–Crippen LogP) is 3.86. The van der Waals surface area contributed by atoms with E-state index in [1.165, 1.54) is 11.3 Å². The van der Waals surface area contributed by atoms with Gasteiger partial charge in [-0.05, 0) is 59.8 Å². The molecule has 0 spiro atoms. The van der Waals surface area contributed by atoms with Gasteiger partial charge in [0.05, 0.1) is 0 Å². The third-order valence-electron chi connectivity index (χ3n) is 4.79. The third kappa shape index (κ3) is 4.79. The van der Waals surface area contributed by atoms with Gasteiger partial charge >= 0.3 is 0 Å². The van der Waals surface area contributed by atoms with Gasteiger partial charge in [0.2, 0.25) is 0 Å². The van der Waals surface area contributed by atoms with E-state index in [2.05, 4.69) is 16.4 Å². The lowest BCUT2D eigenvalue weighted by atomic mass is 9.94. The zero-order valence-electron chi connectivity index (χ0n) is 14.9. The van der Waals surface area contributed by atoms with Gasteiger partial charge in [-0.1, -0.05) is 6.08 Å². The van der Waals surface area contributed by atoms with E-state index in [0.29, 0.717) is 21.9 Å². The van der Waals surface area contributed by atoms with Gasteiger partial charge < -0.3 is 9.29 Å². The Kier molecular flexibility index (Phi) is 5.92. The van der Waals surface area contributed by atoms with Gasteiger partial charge in [0.15, 0.2) is 10.0 Å². The van der Waals surface area contributed by atoms with Crippen molar-refractivity contribution in [2.45, 2.75) is 35.8 Å². The highest BCUT2D eigenvalue weighted by Gasteiger charge is 2.35. The van der Waals surface area contributed by atoms with Gasteiger partial charge in [-0.25, -0.2) is 4.98 Å². The Morgan fingerprint density at radius 2 is 1.96 bits per heavy atom. The Balaban J connectivity index is 1.58. The third-order valence-corrected chi connectivity index (χ3v) is 7.29. The van der Waals surface area contributed by atoms with Gasteiger partial charge in [0.25, 0.3) is 5.91 Å². The van der Waals surface area contributed by atoms with Gasteiger partial charge in [0, 0.05) is 43.2 Å². The molecule has 2 fully saturated rings. The number of rotatable bonds is 6. The summed E-state index contributed by atoms with van der Waals surface area (Å²) in [5.74, 6) is 0.156. The number of aromatic nitrogens is 1. The number of amides is 1. The van der Waals surface area contributed by atoms with Crippen molar-refractivity contribution in [1.82, 2.24) is 4.98 Å². The van der Waals surface area contributed by atoms with Crippen LogP contribution in [0.25, 0.3) is 5.57 Å². The summed E-state index contributed by atoms with van der Waals surface area (Å²) in [5.41, 5.74) is 1.48. The molecule has 1 N–H and O–H groups in total. The number of ether oxygens (including phenoxy) is 1. The number of nitrogens with zero attached hydrogens (tertiary/aromatic N) is 1. The number of carbonyl (C=O) groups is 1. The number of thiazole rings is 1. The minimum atomic E-state index is -0.933. The standard InChI is InChI=1S/C20H22N2O3S2/c23-19(22-20-21-9-12-26-20)18(13-14-7-10-25-11-8-14)15-1-3-16(4-2-15)27(24)17-5-6-17/h1-4,9,12-14,17H,5-8,10-11H2,(H,21,22,23)/b18-13+. The molecule has 1 atom stereocenters. The van der Waals surface area contributed by atoms with Gasteiger partial charge in [-0.3, -0.25) is 10.1 Å². The Hall–Kier alpha value is -1.67. The van der Waals surface area contributed by atoms with E-state index in [9.17, 15) is 9.35 Å². The minimum Gasteiger partial charge on any atom is -0.611 e. The Bertz CT molecular complexity index is 795. The molecule has 1 saturated heterocycles. The second kappa shape index (κ2) is 8.56. The van der Waals surface area contributed by atoms with E-state index in [0.717, 1.165) is 49.4 Å². The lowest BCUT2D eigenvalue weighted by molar-refractivity contribution is -0.111. The molecular weight excluding hydrogens is 380 g/mol. The number of allylic oxidation sites excluding steroid dienone is 1. The van der Waals surface area contributed by atoms with Crippen molar-refractivity contribution in [3.8, 4) is 0 Å². The van der Waals surface area contributed by atoms with Crippen molar-refractivity contribution in [2.75, 3.05) is 18.5 Å². The summed E-state index contributed by atoms with van der Waals surface area (Å²) < 4.78 is 17.8. The molecule has 1 aliphatic heterocycles. The molecule has 2 aromatic rings. The van der Waals surface area contributed by atoms with E-state index in [4.69, 9.17) is 4.74 Å². The van der Waals surface area contributed by atoms with E-state index < -0.39 is 11.2 Å². The van der Waals surface area contributed by atoms with Gasteiger partial charge in [-0.15, -0.1) is 11.3 Å². The summed E-state index contributed by atoms with van der Waals surface area (Å²) in [4.78, 5) is 17.9. The average Bonchev–Trinajstić information content (AvgIpc) is 3.44. The van der Waals surface area contributed by atoms with Crippen LogP contribution in [0.15, 0.2) is 46.8 Å². The van der Waals surface area contributed by atoms with Crippen LogP contribution in [0.3, 0.4) is 0 Å². The van der Waals surface area contributed by atoms with Crippen molar-refractivity contribution >= 4 is 39.1 Å². The van der Waals surface area contributed by atoms with Gasteiger partial charge in [-0.2, -0.15) is 0 Å². The average molecular weight is 403 g/mol. The molecule has 1 amide bonds. The minimum absolute atomic E-state index is 0.160. The highest BCUT2D eigenvalue weighted by atomic mass is 32.2. The summed E-state index contributed by atoms with van der Waals surface area (Å²) in [7, 11) is 0. The van der Waals surface area contributed by atoms with Crippen LogP contribution in [0, 0.1) is 5.92 Å². The summed E-state index contributed by atoms with van der Waals surface area (Å²) >= 11 is 0.463. The summed E-state index contributed by atoms with van der Waals surface area (Å²) in [5, 5.41) is 5.61. The summed E-state index contributed by atoms with van der Waals surface area (Å²) in [6.07, 6.45) is 7.64. The fraction of sp³-hybridized carbons (Fsp3) is 0.400. The van der Waals surface area contributed by atoms with E-state index >= 15 is 0 Å². The first-order chi connectivity index (χ1) is 13.2. The highest BCUT2D eigenvalue weighted by molar-refractivity contribution is 7.92. The zero-order valence-corrected chi connectivity index (χ0v) is 16.6. The molecule has 1 aliphatic carbocycles.